The van der Waals surface area contributed by atoms with Crippen LogP contribution in [0.3, 0.4) is 0 Å². The highest BCUT2D eigenvalue weighted by molar-refractivity contribution is 9.10. The van der Waals surface area contributed by atoms with Crippen molar-refractivity contribution in [2.45, 2.75) is 13.8 Å². The number of anilines is 1. The molecule has 0 aromatic heterocycles. The second-order valence-electron chi connectivity index (χ2n) is 5.02. The van der Waals surface area contributed by atoms with Gasteiger partial charge in [0.15, 0.2) is 12.4 Å². The molecule has 0 atom stereocenters. The molecule has 0 saturated heterocycles. The average Bonchev–Trinajstić information content (AvgIpc) is 2.48. The molecule has 0 heterocycles. The third-order valence-electron chi connectivity index (χ3n) is 3.09. The van der Waals surface area contributed by atoms with Crippen LogP contribution in [0.4, 0.5) is 10.1 Å². The first kappa shape index (κ1) is 17.1. The Morgan fingerprint density at radius 2 is 1.96 bits per heavy atom. The third kappa shape index (κ3) is 4.63. The van der Waals surface area contributed by atoms with Crippen LogP contribution in [-0.4, -0.2) is 18.3 Å². The van der Waals surface area contributed by atoms with Crippen LogP contribution in [0, 0.1) is 12.7 Å². The van der Waals surface area contributed by atoms with Gasteiger partial charge in [0.1, 0.15) is 11.6 Å². The van der Waals surface area contributed by atoms with Gasteiger partial charge >= 0.3 is 0 Å². The lowest BCUT2D eigenvalue weighted by Crippen LogP contribution is -2.20. The number of rotatable bonds is 5. The smallest absolute Gasteiger partial charge is 0.262 e. The number of hydrogen-bond donors (Lipinski definition) is 1. The van der Waals surface area contributed by atoms with Crippen LogP contribution in [0.2, 0.25) is 0 Å². The minimum Gasteiger partial charge on any atom is -0.484 e. The van der Waals surface area contributed by atoms with Crippen LogP contribution in [0.25, 0.3) is 0 Å². The molecule has 0 spiro atoms. The first-order valence-corrected chi connectivity index (χ1v) is 7.65. The Balaban J connectivity index is 1.96. The molecule has 23 heavy (non-hydrogen) atoms. The van der Waals surface area contributed by atoms with Gasteiger partial charge in [-0.25, -0.2) is 4.39 Å². The van der Waals surface area contributed by atoms with Crippen LogP contribution in [0.5, 0.6) is 5.75 Å². The molecule has 0 bridgehead atoms. The van der Waals surface area contributed by atoms with Gasteiger partial charge in [0.05, 0.1) is 11.3 Å². The van der Waals surface area contributed by atoms with Crippen molar-refractivity contribution in [2.75, 3.05) is 11.9 Å². The lowest BCUT2D eigenvalue weighted by Gasteiger charge is -2.10. The minimum atomic E-state index is -0.670. The summed E-state index contributed by atoms with van der Waals surface area (Å²) in [5.74, 6) is -1.22. The number of nitrogens with one attached hydrogen (secondary N) is 1. The van der Waals surface area contributed by atoms with Crippen molar-refractivity contribution in [1.82, 2.24) is 0 Å². The molecule has 0 aliphatic carbocycles. The highest BCUT2D eigenvalue weighted by atomic mass is 79.9. The zero-order valence-corrected chi connectivity index (χ0v) is 14.2. The largest absolute Gasteiger partial charge is 0.484 e. The lowest BCUT2D eigenvalue weighted by molar-refractivity contribution is -0.118. The van der Waals surface area contributed by atoms with Gasteiger partial charge in [0.25, 0.3) is 5.91 Å². The quantitative estimate of drug-likeness (QED) is 0.795. The number of ketones is 1. The average molecular weight is 380 g/mol. The maximum Gasteiger partial charge on any atom is 0.262 e. The number of halogens is 2. The number of hydrogen-bond acceptors (Lipinski definition) is 3. The van der Waals surface area contributed by atoms with E-state index in [1.54, 1.807) is 6.07 Å². The molecule has 2 aromatic carbocycles. The Labute approximate surface area is 141 Å². The molecule has 0 radical (unpaired) electrons. The van der Waals surface area contributed by atoms with Gasteiger partial charge in [-0.3, -0.25) is 9.59 Å². The second kappa shape index (κ2) is 7.37. The van der Waals surface area contributed by atoms with Crippen molar-refractivity contribution in [1.29, 1.82) is 0 Å². The lowest BCUT2D eigenvalue weighted by atomic mass is 10.1. The van der Waals surface area contributed by atoms with Crippen LogP contribution >= 0.6 is 15.9 Å². The van der Waals surface area contributed by atoms with Gasteiger partial charge in [0, 0.05) is 10.5 Å². The maximum atomic E-state index is 13.7. The molecule has 1 N–H and O–H groups in total. The van der Waals surface area contributed by atoms with Crippen molar-refractivity contribution < 1.29 is 18.7 Å². The minimum absolute atomic E-state index is 0.00890. The standard InChI is InChI=1S/C17H15BrFNO3/c1-10-3-6-16(14(18)7-10)20-17(22)9-23-12-4-5-13(11(2)21)15(19)8-12/h3-8H,9H2,1-2H3,(H,20,22). The predicted octanol–water partition coefficient (Wildman–Crippen LogP) is 4.12. The van der Waals surface area contributed by atoms with Crippen molar-refractivity contribution in [3.05, 3.63) is 57.8 Å². The summed E-state index contributed by atoms with van der Waals surface area (Å²) in [6.07, 6.45) is 0. The molecule has 2 aromatic rings. The number of amides is 1. The fourth-order valence-corrected chi connectivity index (χ4v) is 2.52. The van der Waals surface area contributed by atoms with E-state index >= 15 is 0 Å². The summed E-state index contributed by atoms with van der Waals surface area (Å²) in [4.78, 5) is 23.0. The molecule has 1 amide bonds. The van der Waals surface area contributed by atoms with E-state index in [0.29, 0.717) is 5.69 Å². The SMILES string of the molecule is CC(=O)c1ccc(OCC(=O)Nc2ccc(C)cc2Br)cc1F. The molecule has 0 fully saturated rings. The number of ether oxygens (including phenoxy) is 1. The summed E-state index contributed by atoms with van der Waals surface area (Å²) < 4.78 is 19.7. The summed E-state index contributed by atoms with van der Waals surface area (Å²) >= 11 is 3.37. The summed E-state index contributed by atoms with van der Waals surface area (Å²) in [5, 5.41) is 2.69. The molecule has 4 nitrogen and oxygen atoms in total. The van der Waals surface area contributed by atoms with Gasteiger partial charge in [0.2, 0.25) is 0 Å². The number of carbonyl (C=O) groups excluding carboxylic acids is 2. The van der Waals surface area contributed by atoms with E-state index in [9.17, 15) is 14.0 Å². The van der Waals surface area contributed by atoms with E-state index < -0.39 is 5.82 Å². The fraction of sp³-hybridized carbons (Fsp3) is 0.176. The highest BCUT2D eigenvalue weighted by Crippen LogP contribution is 2.23. The molecule has 120 valence electrons. The van der Waals surface area contributed by atoms with E-state index in [1.807, 2.05) is 19.1 Å². The molecule has 0 saturated carbocycles. The summed E-state index contributed by atoms with van der Waals surface area (Å²) in [5.41, 5.74) is 1.68. The van der Waals surface area contributed by atoms with Gasteiger partial charge in [-0.1, -0.05) is 6.07 Å². The summed E-state index contributed by atoms with van der Waals surface area (Å²) in [7, 11) is 0. The number of benzene rings is 2. The monoisotopic (exact) mass is 379 g/mol. The van der Waals surface area contributed by atoms with Gasteiger partial charge in [-0.05, 0) is 59.6 Å². The van der Waals surface area contributed by atoms with E-state index in [-0.39, 0.29) is 29.6 Å². The van der Waals surface area contributed by atoms with Gasteiger partial charge in [-0.2, -0.15) is 0 Å². The van der Waals surface area contributed by atoms with Crippen LogP contribution < -0.4 is 10.1 Å². The molecule has 6 heteroatoms. The van der Waals surface area contributed by atoms with E-state index in [0.717, 1.165) is 16.1 Å². The first-order valence-electron chi connectivity index (χ1n) is 6.86. The topological polar surface area (TPSA) is 55.4 Å². The third-order valence-corrected chi connectivity index (χ3v) is 3.74. The number of aryl methyl sites for hydroxylation is 1. The molecule has 0 aliphatic heterocycles. The molecular weight excluding hydrogens is 365 g/mol. The van der Waals surface area contributed by atoms with Crippen molar-refractivity contribution in [3.8, 4) is 5.75 Å². The Morgan fingerprint density at radius 1 is 1.22 bits per heavy atom. The van der Waals surface area contributed by atoms with Crippen LogP contribution in [0.15, 0.2) is 40.9 Å². The van der Waals surface area contributed by atoms with Crippen LogP contribution in [0.1, 0.15) is 22.8 Å². The fourth-order valence-electron chi connectivity index (χ4n) is 1.93. The number of Topliss-reactive ketones (excluding diaryl/α,β-unsaturated/α-hetero) is 1. The molecule has 2 rings (SSSR count). The zero-order chi connectivity index (χ0) is 17.0. The van der Waals surface area contributed by atoms with Crippen molar-refractivity contribution in [2.24, 2.45) is 0 Å². The normalized spacial score (nSPS) is 10.3. The Morgan fingerprint density at radius 3 is 2.57 bits per heavy atom. The summed E-state index contributed by atoms with van der Waals surface area (Å²) in [6, 6.07) is 9.41. The van der Waals surface area contributed by atoms with Gasteiger partial charge < -0.3 is 10.1 Å². The Hall–Kier alpha value is -2.21. The maximum absolute atomic E-state index is 13.7. The Kier molecular flexibility index (Phi) is 5.50. The Bertz CT molecular complexity index is 761. The molecule has 0 unspecified atom stereocenters. The van der Waals surface area contributed by atoms with E-state index in [2.05, 4.69) is 21.2 Å². The van der Waals surface area contributed by atoms with Gasteiger partial charge in [-0.15, -0.1) is 0 Å². The first-order chi connectivity index (χ1) is 10.9. The number of carbonyl (C=O) groups is 2. The molecular formula is C17H15BrFNO3. The molecule has 0 aliphatic rings. The van der Waals surface area contributed by atoms with Crippen molar-refractivity contribution in [3.63, 3.8) is 0 Å². The van der Waals surface area contributed by atoms with Crippen molar-refractivity contribution >= 4 is 33.3 Å². The summed E-state index contributed by atoms with van der Waals surface area (Å²) in [6.45, 7) is 2.96. The predicted molar refractivity (Wildman–Crippen MR) is 89.4 cm³/mol. The zero-order valence-electron chi connectivity index (χ0n) is 12.7. The van der Waals surface area contributed by atoms with Crippen LogP contribution in [-0.2, 0) is 4.79 Å². The van der Waals surface area contributed by atoms with E-state index in [1.165, 1.54) is 19.1 Å². The van der Waals surface area contributed by atoms with E-state index in [4.69, 9.17) is 4.74 Å². The highest BCUT2D eigenvalue weighted by Gasteiger charge is 2.10. The second-order valence-corrected chi connectivity index (χ2v) is 5.87.